The number of hydrogen-bond donors (Lipinski definition) is 1. The first-order chi connectivity index (χ1) is 10.2. The minimum Gasteiger partial charge on any atom is -0.383 e. The molecule has 1 aliphatic rings. The number of methoxy groups -OCH3 is 1. The fraction of sp³-hybridized carbons (Fsp3) is 0.824. The molecule has 1 heterocycles. The van der Waals surface area contributed by atoms with Gasteiger partial charge in [0.1, 0.15) is 5.01 Å². The van der Waals surface area contributed by atoms with E-state index in [0.29, 0.717) is 5.92 Å². The Morgan fingerprint density at radius 3 is 2.81 bits per heavy atom. The molecule has 2 rings (SSSR count). The number of thiazole rings is 1. The van der Waals surface area contributed by atoms with Gasteiger partial charge in [-0.05, 0) is 32.1 Å². The number of aryl methyl sites for hydroxylation is 2. The van der Waals surface area contributed by atoms with Gasteiger partial charge in [-0.15, -0.1) is 11.3 Å². The molecule has 3 nitrogen and oxygen atoms in total. The lowest BCUT2D eigenvalue weighted by atomic mass is 9.71. The number of hydrogen-bond acceptors (Lipinski definition) is 4. The van der Waals surface area contributed by atoms with Crippen LogP contribution < -0.4 is 5.32 Å². The fourth-order valence-electron chi connectivity index (χ4n) is 3.71. The number of nitrogens with one attached hydrogen (secondary N) is 1. The van der Waals surface area contributed by atoms with E-state index in [2.05, 4.69) is 26.1 Å². The van der Waals surface area contributed by atoms with Crippen LogP contribution in [-0.4, -0.2) is 25.2 Å². The molecule has 0 aliphatic heterocycles. The number of ether oxygens (including phenoxy) is 1. The Balaban J connectivity index is 2.33. The molecule has 2 unspecified atom stereocenters. The van der Waals surface area contributed by atoms with Crippen molar-refractivity contribution in [1.29, 1.82) is 0 Å². The summed E-state index contributed by atoms with van der Waals surface area (Å²) in [5, 5.41) is 5.16. The summed E-state index contributed by atoms with van der Waals surface area (Å²) in [5.41, 5.74) is 1.36. The topological polar surface area (TPSA) is 34.2 Å². The number of rotatable bonds is 7. The van der Waals surface area contributed by atoms with Gasteiger partial charge in [-0.2, -0.15) is 0 Å². The molecule has 2 atom stereocenters. The smallest absolute Gasteiger partial charge is 0.114 e. The highest BCUT2D eigenvalue weighted by molar-refractivity contribution is 7.11. The summed E-state index contributed by atoms with van der Waals surface area (Å²) >= 11 is 1.91. The third-order valence-electron chi connectivity index (χ3n) is 4.92. The lowest BCUT2D eigenvalue weighted by Crippen LogP contribution is -2.51. The Bertz CT molecular complexity index is 446. The number of nitrogens with zero attached hydrogens (tertiary/aromatic N) is 1. The van der Waals surface area contributed by atoms with Crippen molar-refractivity contribution in [2.75, 3.05) is 20.3 Å². The zero-order valence-corrected chi connectivity index (χ0v) is 14.8. The van der Waals surface area contributed by atoms with Crippen molar-refractivity contribution in [2.45, 2.75) is 64.8 Å². The maximum absolute atomic E-state index is 5.25. The van der Waals surface area contributed by atoms with Crippen LogP contribution in [0.25, 0.3) is 0 Å². The van der Waals surface area contributed by atoms with E-state index < -0.39 is 0 Å². The first-order valence-corrected chi connectivity index (χ1v) is 9.20. The second-order valence-corrected chi connectivity index (χ2v) is 7.32. The molecule has 1 aromatic rings. The molecule has 1 saturated carbocycles. The highest BCUT2D eigenvalue weighted by Crippen LogP contribution is 2.45. The second-order valence-electron chi connectivity index (χ2n) is 6.12. The van der Waals surface area contributed by atoms with Crippen molar-refractivity contribution in [3.63, 3.8) is 0 Å². The average Bonchev–Trinajstić information content (AvgIpc) is 2.89. The van der Waals surface area contributed by atoms with Crippen molar-refractivity contribution < 1.29 is 4.74 Å². The Hall–Kier alpha value is -0.450. The maximum atomic E-state index is 5.25. The lowest BCUT2D eigenvalue weighted by Gasteiger charge is -2.43. The van der Waals surface area contributed by atoms with E-state index in [4.69, 9.17) is 9.72 Å². The molecule has 4 heteroatoms. The summed E-state index contributed by atoms with van der Waals surface area (Å²) in [5.74, 6) is 0.693. The van der Waals surface area contributed by atoms with E-state index in [-0.39, 0.29) is 5.54 Å². The zero-order chi connectivity index (χ0) is 15.3. The first kappa shape index (κ1) is 16.9. The molecule has 0 aromatic carbocycles. The van der Waals surface area contributed by atoms with Gasteiger partial charge in [0.25, 0.3) is 0 Å². The molecule has 21 heavy (non-hydrogen) atoms. The molecule has 0 saturated heterocycles. The van der Waals surface area contributed by atoms with Crippen LogP contribution in [0.5, 0.6) is 0 Å². The van der Waals surface area contributed by atoms with E-state index in [0.717, 1.165) is 19.6 Å². The summed E-state index contributed by atoms with van der Waals surface area (Å²) in [4.78, 5) is 6.41. The summed E-state index contributed by atoms with van der Waals surface area (Å²) < 4.78 is 5.25. The third-order valence-corrected chi connectivity index (χ3v) is 6.11. The van der Waals surface area contributed by atoms with Crippen LogP contribution in [0.2, 0.25) is 0 Å². The van der Waals surface area contributed by atoms with Crippen molar-refractivity contribution in [2.24, 2.45) is 5.92 Å². The Kier molecular flexibility index (Phi) is 6.20. The maximum Gasteiger partial charge on any atom is 0.114 e. The monoisotopic (exact) mass is 310 g/mol. The fourth-order valence-corrected chi connectivity index (χ4v) is 4.99. The van der Waals surface area contributed by atoms with E-state index >= 15 is 0 Å². The summed E-state index contributed by atoms with van der Waals surface area (Å²) in [7, 11) is 1.77. The number of aromatic nitrogens is 1. The van der Waals surface area contributed by atoms with Gasteiger partial charge in [0.15, 0.2) is 0 Å². The van der Waals surface area contributed by atoms with Gasteiger partial charge in [-0.3, -0.25) is 0 Å². The van der Waals surface area contributed by atoms with Crippen molar-refractivity contribution in [3.8, 4) is 0 Å². The molecule has 1 aliphatic carbocycles. The van der Waals surface area contributed by atoms with Crippen LogP contribution in [0.1, 0.15) is 61.5 Å². The second kappa shape index (κ2) is 7.70. The van der Waals surface area contributed by atoms with Crippen LogP contribution in [0.4, 0.5) is 0 Å². The minimum atomic E-state index is 0.0778. The average molecular weight is 311 g/mol. The largest absolute Gasteiger partial charge is 0.383 e. The van der Waals surface area contributed by atoms with Crippen LogP contribution in [0.15, 0.2) is 0 Å². The van der Waals surface area contributed by atoms with Gasteiger partial charge < -0.3 is 10.1 Å². The van der Waals surface area contributed by atoms with Gasteiger partial charge >= 0.3 is 0 Å². The highest BCUT2D eigenvalue weighted by Gasteiger charge is 2.43. The lowest BCUT2D eigenvalue weighted by molar-refractivity contribution is 0.115. The molecule has 120 valence electrons. The molecule has 0 spiro atoms. The Morgan fingerprint density at radius 2 is 2.19 bits per heavy atom. The van der Waals surface area contributed by atoms with Crippen LogP contribution >= 0.6 is 11.3 Å². The van der Waals surface area contributed by atoms with E-state index in [9.17, 15) is 0 Å². The van der Waals surface area contributed by atoms with Gasteiger partial charge in [0.2, 0.25) is 0 Å². The van der Waals surface area contributed by atoms with Gasteiger partial charge in [0.05, 0.1) is 17.8 Å². The minimum absolute atomic E-state index is 0.0778. The van der Waals surface area contributed by atoms with E-state index in [1.165, 1.54) is 47.7 Å². The van der Waals surface area contributed by atoms with Crippen molar-refractivity contribution in [1.82, 2.24) is 10.3 Å². The van der Waals surface area contributed by atoms with E-state index in [1.54, 1.807) is 7.11 Å². The molecule has 1 N–H and O–H groups in total. The van der Waals surface area contributed by atoms with E-state index in [1.807, 2.05) is 11.3 Å². The molecular formula is C17H30N2OS. The predicted octanol–water partition coefficient (Wildman–Crippen LogP) is 4.05. The quantitative estimate of drug-likeness (QED) is 0.772. The Morgan fingerprint density at radius 1 is 1.38 bits per heavy atom. The van der Waals surface area contributed by atoms with Gasteiger partial charge in [-0.25, -0.2) is 4.98 Å². The third kappa shape index (κ3) is 3.49. The molecule has 0 bridgehead atoms. The SMILES string of the molecule is CCc1nc(C2(NCCOC)CCCCC2CC)sc1C. The standard InChI is InChI=1S/C17H30N2OS/c1-5-14-9-7-8-10-17(14,18-11-12-20-4)16-19-15(6-2)13(3)21-16/h14,18H,5-12H2,1-4H3. The molecule has 1 fully saturated rings. The summed E-state index contributed by atoms with van der Waals surface area (Å²) in [6.07, 6.45) is 7.45. The normalized spacial score (nSPS) is 26.2. The van der Waals surface area contributed by atoms with Crippen LogP contribution in [-0.2, 0) is 16.7 Å². The van der Waals surface area contributed by atoms with Crippen molar-refractivity contribution in [3.05, 3.63) is 15.6 Å². The van der Waals surface area contributed by atoms with Crippen LogP contribution in [0, 0.1) is 12.8 Å². The Labute approximate surface area is 133 Å². The molecular weight excluding hydrogens is 280 g/mol. The zero-order valence-electron chi connectivity index (χ0n) is 14.0. The van der Waals surface area contributed by atoms with Crippen LogP contribution in [0.3, 0.4) is 0 Å². The molecule has 0 radical (unpaired) electrons. The predicted molar refractivity (Wildman–Crippen MR) is 90.0 cm³/mol. The van der Waals surface area contributed by atoms with Gasteiger partial charge in [0, 0.05) is 18.5 Å². The van der Waals surface area contributed by atoms with Gasteiger partial charge in [-0.1, -0.05) is 33.1 Å². The highest BCUT2D eigenvalue weighted by atomic mass is 32.1. The first-order valence-electron chi connectivity index (χ1n) is 8.38. The molecule has 0 amide bonds. The summed E-state index contributed by atoms with van der Waals surface area (Å²) in [6.45, 7) is 8.42. The van der Waals surface area contributed by atoms with Crippen molar-refractivity contribution >= 4 is 11.3 Å². The molecule has 1 aromatic heterocycles. The summed E-state index contributed by atoms with van der Waals surface area (Å²) in [6, 6.07) is 0.